The van der Waals surface area contributed by atoms with Crippen molar-refractivity contribution in [2.24, 2.45) is 0 Å². The maximum Gasteiger partial charge on any atom is 0.276 e. The van der Waals surface area contributed by atoms with E-state index >= 15 is 0 Å². The minimum absolute atomic E-state index is 0.0153. The van der Waals surface area contributed by atoms with Gasteiger partial charge in [-0.25, -0.2) is 0 Å². The van der Waals surface area contributed by atoms with Crippen LogP contribution in [0, 0.1) is 0 Å². The zero-order chi connectivity index (χ0) is 24.3. The zero-order valence-corrected chi connectivity index (χ0v) is 20.6. The quantitative estimate of drug-likeness (QED) is 0.488. The van der Waals surface area contributed by atoms with Gasteiger partial charge in [0.2, 0.25) is 0 Å². The lowest BCUT2D eigenvalue weighted by Gasteiger charge is -2.37. The fourth-order valence-corrected chi connectivity index (χ4v) is 4.37. The Hall–Kier alpha value is -1.42. The Balaban J connectivity index is 1.50. The van der Waals surface area contributed by atoms with Gasteiger partial charge < -0.3 is 25.0 Å². The molecule has 2 aromatic carbocycles. The van der Waals surface area contributed by atoms with E-state index in [4.69, 9.17) is 44.3 Å². The van der Waals surface area contributed by atoms with Crippen LogP contribution >= 0.6 is 34.8 Å². The highest BCUT2D eigenvalue weighted by atomic mass is 35.6. The maximum atomic E-state index is 11.9. The standard InChI is InChI=1S/C24H27Cl3N2O5/c25-24(26,27)23(32)28-18-7-5-17(6-8-18)22-33-20(13-29-10-9-19(31)12-29)11-21(34-22)16-3-1-15(14-30)2-4-16/h1-8,19-22,30-31H,9-14H2,(H,28,32)/t19-,20-,21+,22+/m0/s1. The number of aliphatic hydroxyl groups excluding tert-OH is 2. The lowest BCUT2D eigenvalue weighted by atomic mass is 9.99. The predicted octanol–water partition coefficient (Wildman–Crippen LogP) is 4.10. The minimum Gasteiger partial charge on any atom is -0.392 e. The number of ether oxygens (including phenoxy) is 2. The van der Waals surface area contributed by atoms with Gasteiger partial charge in [0.1, 0.15) is 0 Å². The molecular weight excluding hydrogens is 503 g/mol. The largest absolute Gasteiger partial charge is 0.392 e. The van der Waals surface area contributed by atoms with Crippen molar-refractivity contribution in [1.82, 2.24) is 4.90 Å². The van der Waals surface area contributed by atoms with Crippen LogP contribution in [0.25, 0.3) is 0 Å². The number of rotatable bonds is 6. The molecular formula is C24H27Cl3N2O5. The number of anilines is 1. The number of hydrogen-bond donors (Lipinski definition) is 3. The number of aliphatic hydroxyl groups is 2. The monoisotopic (exact) mass is 528 g/mol. The summed E-state index contributed by atoms with van der Waals surface area (Å²) in [4.78, 5) is 14.1. The van der Waals surface area contributed by atoms with Crippen molar-refractivity contribution in [3.8, 4) is 0 Å². The highest BCUT2D eigenvalue weighted by Crippen LogP contribution is 2.38. The average Bonchev–Trinajstić information content (AvgIpc) is 3.23. The van der Waals surface area contributed by atoms with E-state index in [1.165, 1.54) is 0 Å². The first-order chi connectivity index (χ1) is 16.2. The topological polar surface area (TPSA) is 91.3 Å². The van der Waals surface area contributed by atoms with Gasteiger partial charge in [-0.1, -0.05) is 71.2 Å². The van der Waals surface area contributed by atoms with Crippen molar-refractivity contribution in [3.05, 3.63) is 65.2 Å². The highest BCUT2D eigenvalue weighted by Gasteiger charge is 2.35. The molecule has 4 rings (SSSR count). The zero-order valence-electron chi connectivity index (χ0n) is 18.4. The smallest absolute Gasteiger partial charge is 0.276 e. The van der Waals surface area contributed by atoms with Gasteiger partial charge in [-0.3, -0.25) is 9.69 Å². The molecule has 2 aliphatic heterocycles. The second kappa shape index (κ2) is 11.1. The van der Waals surface area contributed by atoms with Crippen LogP contribution in [-0.4, -0.2) is 56.7 Å². The molecule has 2 heterocycles. The van der Waals surface area contributed by atoms with Gasteiger partial charge in [0.05, 0.1) is 24.9 Å². The molecule has 7 nitrogen and oxygen atoms in total. The third-order valence-corrected chi connectivity index (χ3v) is 6.54. The number of benzene rings is 2. The van der Waals surface area contributed by atoms with Crippen molar-refractivity contribution >= 4 is 46.4 Å². The molecule has 10 heteroatoms. The van der Waals surface area contributed by atoms with E-state index in [1.54, 1.807) is 24.3 Å². The molecule has 0 radical (unpaired) electrons. The second-order valence-electron chi connectivity index (χ2n) is 8.63. The molecule has 2 fully saturated rings. The van der Waals surface area contributed by atoms with E-state index in [0.717, 1.165) is 29.7 Å². The van der Waals surface area contributed by atoms with Crippen LogP contribution in [0.4, 0.5) is 5.69 Å². The lowest BCUT2D eigenvalue weighted by molar-refractivity contribution is -0.252. The Kier molecular flexibility index (Phi) is 8.38. The summed E-state index contributed by atoms with van der Waals surface area (Å²) in [7, 11) is 0. The molecule has 34 heavy (non-hydrogen) atoms. The van der Waals surface area contributed by atoms with Crippen molar-refractivity contribution in [1.29, 1.82) is 0 Å². The van der Waals surface area contributed by atoms with Gasteiger partial charge in [-0.05, 0) is 29.7 Å². The van der Waals surface area contributed by atoms with E-state index < -0.39 is 16.0 Å². The summed E-state index contributed by atoms with van der Waals surface area (Å²) in [6.45, 7) is 2.15. The molecule has 2 saturated heterocycles. The summed E-state index contributed by atoms with van der Waals surface area (Å²) in [5, 5.41) is 21.8. The van der Waals surface area contributed by atoms with Gasteiger partial charge in [-0.2, -0.15) is 0 Å². The molecule has 0 bridgehead atoms. The van der Waals surface area contributed by atoms with Gasteiger partial charge >= 0.3 is 0 Å². The molecule has 0 saturated carbocycles. The Morgan fingerprint density at radius 3 is 2.32 bits per heavy atom. The summed E-state index contributed by atoms with van der Waals surface area (Å²) in [6, 6.07) is 14.7. The fraction of sp³-hybridized carbons (Fsp3) is 0.458. The van der Waals surface area contributed by atoms with Gasteiger partial charge in [0.25, 0.3) is 9.70 Å². The van der Waals surface area contributed by atoms with E-state index in [9.17, 15) is 15.0 Å². The number of halogens is 3. The third-order valence-electron chi connectivity index (χ3n) is 6.02. The molecule has 2 aliphatic rings. The summed E-state index contributed by atoms with van der Waals surface area (Å²) in [6.07, 6.45) is 0.210. The van der Waals surface area contributed by atoms with Gasteiger partial charge in [-0.15, -0.1) is 0 Å². The van der Waals surface area contributed by atoms with Crippen LogP contribution in [-0.2, 0) is 20.9 Å². The van der Waals surface area contributed by atoms with Crippen LogP contribution in [0.3, 0.4) is 0 Å². The summed E-state index contributed by atoms with van der Waals surface area (Å²) >= 11 is 16.9. The first-order valence-corrected chi connectivity index (χ1v) is 12.2. The van der Waals surface area contributed by atoms with Crippen LogP contribution in [0.5, 0.6) is 0 Å². The Bertz CT molecular complexity index is 968. The van der Waals surface area contributed by atoms with Crippen molar-refractivity contribution in [2.75, 3.05) is 25.0 Å². The number of alkyl halides is 3. The summed E-state index contributed by atoms with van der Waals surface area (Å²) in [5.74, 6) is -0.741. The number of amides is 1. The Morgan fingerprint density at radius 2 is 1.74 bits per heavy atom. The van der Waals surface area contributed by atoms with E-state index in [1.807, 2.05) is 24.3 Å². The third kappa shape index (κ3) is 6.62. The van der Waals surface area contributed by atoms with Crippen molar-refractivity contribution in [3.63, 3.8) is 0 Å². The molecule has 0 aromatic heterocycles. The number of carbonyl (C=O) groups excluding carboxylic acids is 1. The molecule has 0 unspecified atom stereocenters. The van der Waals surface area contributed by atoms with Crippen LogP contribution in [0.1, 0.15) is 41.9 Å². The van der Waals surface area contributed by atoms with Gasteiger partial charge in [0, 0.05) is 37.3 Å². The maximum absolute atomic E-state index is 11.9. The Morgan fingerprint density at radius 1 is 1.06 bits per heavy atom. The molecule has 0 aliphatic carbocycles. The second-order valence-corrected chi connectivity index (χ2v) is 10.9. The normalized spacial score (nSPS) is 25.9. The van der Waals surface area contributed by atoms with E-state index in [2.05, 4.69) is 10.2 Å². The average molecular weight is 530 g/mol. The minimum atomic E-state index is -2.05. The Labute approximate surface area is 213 Å². The summed E-state index contributed by atoms with van der Waals surface area (Å²) in [5.41, 5.74) is 3.11. The van der Waals surface area contributed by atoms with Crippen LogP contribution in [0.2, 0.25) is 0 Å². The number of nitrogens with one attached hydrogen (secondary N) is 1. The molecule has 1 amide bonds. The van der Waals surface area contributed by atoms with E-state index in [-0.39, 0.29) is 24.9 Å². The number of β-amino-alcohol motifs (C(OH)–C–C–N with tert-alkyl or cyclic N) is 1. The first-order valence-electron chi connectivity index (χ1n) is 11.1. The predicted molar refractivity (Wildman–Crippen MR) is 131 cm³/mol. The molecule has 4 atom stereocenters. The van der Waals surface area contributed by atoms with Crippen LogP contribution < -0.4 is 5.32 Å². The molecule has 0 spiro atoms. The number of hydrogen-bond acceptors (Lipinski definition) is 6. The lowest BCUT2D eigenvalue weighted by Crippen LogP contribution is -2.38. The molecule has 184 valence electrons. The van der Waals surface area contributed by atoms with Crippen molar-refractivity contribution < 1.29 is 24.5 Å². The number of carbonyl (C=O) groups is 1. The molecule has 2 aromatic rings. The first kappa shape index (κ1) is 25.7. The number of likely N-dealkylation sites (tertiary alicyclic amines) is 1. The summed E-state index contributed by atoms with van der Waals surface area (Å²) < 4.78 is 10.6. The number of nitrogens with zero attached hydrogens (tertiary/aromatic N) is 1. The highest BCUT2D eigenvalue weighted by molar-refractivity contribution is 6.76. The van der Waals surface area contributed by atoms with E-state index in [0.29, 0.717) is 25.2 Å². The van der Waals surface area contributed by atoms with Gasteiger partial charge in [0.15, 0.2) is 6.29 Å². The molecule has 3 N–H and O–H groups in total. The van der Waals surface area contributed by atoms with Crippen LogP contribution in [0.15, 0.2) is 48.5 Å². The SMILES string of the molecule is O=C(Nc1ccc([C@@H]2O[C@H](CN3CC[C@H](O)C3)C[C@H](c3ccc(CO)cc3)O2)cc1)C(Cl)(Cl)Cl. The fourth-order valence-electron chi connectivity index (χ4n) is 4.22. The van der Waals surface area contributed by atoms with Crippen molar-refractivity contribution in [2.45, 2.75) is 47.8 Å².